The molecule has 194 valence electrons. The van der Waals surface area contributed by atoms with Crippen molar-refractivity contribution in [3.05, 3.63) is 108 Å². The monoisotopic (exact) mass is 508 g/mol. The minimum absolute atomic E-state index is 0.000141. The number of benzene rings is 3. The Bertz CT molecular complexity index is 1380. The van der Waals surface area contributed by atoms with Gasteiger partial charge >= 0.3 is 5.97 Å². The highest BCUT2D eigenvalue weighted by molar-refractivity contribution is 6.35. The van der Waals surface area contributed by atoms with Crippen LogP contribution in [0.25, 0.3) is 10.9 Å². The van der Waals surface area contributed by atoms with Crippen molar-refractivity contribution in [1.82, 2.24) is 4.98 Å². The Morgan fingerprint density at radius 2 is 1.63 bits per heavy atom. The number of hydrogen-bond acceptors (Lipinski definition) is 5. The summed E-state index contributed by atoms with van der Waals surface area (Å²) in [5, 5.41) is 15.0. The Balaban J connectivity index is 1.29. The molecule has 1 unspecified atom stereocenters. The molecule has 0 amide bonds. The molecule has 1 atom stereocenters. The van der Waals surface area contributed by atoms with Gasteiger partial charge in [-0.3, -0.25) is 0 Å². The van der Waals surface area contributed by atoms with Crippen LogP contribution >= 0.6 is 0 Å². The second kappa shape index (κ2) is 12.4. The van der Waals surface area contributed by atoms with E-state index in [-0.39, 0.29) is 24.2 Å². The molecule has 0 spiro atoms. The summed E-state index contributed by atoms with van der Waals surface area (Å²) in [4.78, 5) is 22.6. The first-order valence-electron chi connectivity index (χ1n) is 13.2. The molecule has 6 nitrogen and oxygen atoms in total. The van der Waals surface area contributed by atoms with Crippen LogP contribution in [0.15, 0.2) is 96.2 Å². The van der Waals surface area contributed by atoms with Crippen molar-refractivity contribution < 1.29 is 19.5 Å². The summed E-state index contributed by atoms with van der Waals surface area (Å²) in [6.45, 7) is 0.373. The summed E-state index contributed by atoms with van der Waals surface area (Å²) in [5.41, 5.74) is 3.67. The van der Waals surface area contributed by atoms with Gasteiger partial charge in [0.2, 0.25) is 0 Å². The van der Waals surface area contributed by atoms with Crippen LogP contribution in [-0.2, 0) is 22.7 Å². The number of aliphatic carboxylic acids is 1. The Kier molecular flexibility index (Phi) is 8.29. The molecule has 4 aromatic rings. The molecular weight excluding hydrogens is 476 g/mol. The predicted molar refractivity (Wildman–Crippen MR) is 148 cm³/mol. The van der Waals surface area contributed by atoms with Gasteiger partial charge in [-0.15, -0.1) is 0 Å². The van der Waals surface area contributed by atoms with Gasteiger partial charge in [-0.25, -0.2) is 9.78 Å². The Labute approximate surface area is 222 Å². The maximum atomic E-state index is 11.9. The fraction of sp³-hybridized carbons (Fsp3) is 0.281. The predicted octanol–water partition coefficient (Wildman–Crippen LogP) is 7.14. The third kappa shape index (κ3) is 6.57. The number of hydrogen-bond donors (Lipinski definition) is 1. The summed E-state index contributed by atoms with van der Waals surface area (Å²) in [7, 11) is 0. The maximum absolute atomic E-state index is 11.9. The van der Waals surface area contributed by atoms with E-state index < -0.39 is 5.97 Å². The van der Waals surface area contributed by atoms with Gasteiger partial charge in [0.05, 0.1) is 11.2 Å². The molecule has 1 heterocycles. The van der Waals surface area contributed by atoms with Crippen LogP contribution in [0.3, 0.4) is 0 Å². The highest BCUT2D eigenvalue weighted by atomic mass is 16.6. The van der Waals surface area contributed by atoms with Crippen molar-refractivity contribution in [2.24, 2.45) is 11.1 Å². The zero-order valence-corrected chi connectivity index (χ0v) is 21.3. The Hall–Kier alpha value is -4.19. The zero-order valence-electron chi connectivity index (χ0n) is 21.3. The molecule has 1 aromatic heterocycles. The second-order valence-electron chi connectivity index (χ2n) is 9.78. The second-order valence-corrected chi connectivity index (χ2v) is 9.78. The van der Waals surface area contributed by atoms with Crippen LogP contribution in [0.5, 0.6) is 5.75 Å². The van der Waals surface area contributed by atoms with Gasteiger partial charge in [0.25, 0.3) is 0 Å². The van der Waals surface area contributed by atoms with Gasteiger partial charge in [0.1, 0.15) is 12.4 Å². The highest BCUT2D eigenvalue weighted by Crippen LogP contribution is 2.37. The van der Waals surface area contributed by atoms with Crippen LogP contribution in [-0.4, -0.2) is 21.8 Å². The molecule has 0 saturated heterocycles. The summed E-state index contributed by atoms with van der Waals surface area (Å²) in [5.74, 6) is -0.0416. The molecule has 5 rings (SSSR count). The lowest BCUT2D eigenvalue weighted by Gasteiger charge is -2.29. The summed E-state index contributed by atoms with van der Waals surface area (Å²) in [6.07, 6.45) is 5.48. The van der Waals surface area contributed by atoms with E-state index in [4.69, 9.17) is 9.57 Å². The molecule has 6 heteroatoms. The number of rotatable bonds is 10. The molecule has 1 aliphatic carbocycles. The molecule has 0 radical (unpaired) electrons. The molecule has 1 aliphatic rings. The molecule has 3 aromatic carbocycles. The van der Waals surface area contributed by atoms with Crippen LogP contribution < -0.4 is 4.74 Å². The average molecular weight is 509 g/mol. The number of carboxylic acids is 1. The van der Waals surface area contributed by atoms with Crippen molar-refractivity contribution in [3.63, 3.8) is 0 Å². The summed E-state index contributed by atoms with van der Waals surface area (Å²) >= 11 is 0. The van der Waals surface area contributed by atoms with Gasteiger partial charge in [-0.1, -0.05) is 91.1 Å². The quantitative estimate of drug-likeness (QED) is 0.182. The third-order valence-corrected chi connectivity index (χ3v) is 7.07. The zero-order chi connectivity index (χ0) is 26.2. The lowest BCUT2D eigenvalue weighted by molar-refractivity contribution is -0.129. The molecule has 0 aliphatic heterocycles. The molecule has 1 fully saturated rings. The van der Waals surface area contributed by atoms with E-state index in [1.54, 1.807) is 0 Å². The van der Waals surface area contributed by atoms with Gasteiger partial charge in [-0.05, 0) is 48.2 Å². The van der Waals surface area contributed by atoms with E-state index in [9.17, 15) is 9.90 Å². The number of fused-ring (bicyclic) bond motifs is 1. The minimum atomic E-state index is -1.07. The number of para-hydroxylation sites is 1. The fourth-order valence-electron chi connectivity index (χ4n) is 5.01. The topological polar surface area (TPSA) is 81.0 Å². The molecule has 0 bridgehead atoms. The van der Waals surface area contributed by atoms with Gasteiger partial charge in [-0.2, -0.15) is 0 Å². The van der Waals surface area contributed by atoms with Gasteiger partial charge < -0.3 is 14.7 Å². The number of ether oxygens (including phenoxy) is 1. The van der Waals surface area contributed by atoms with Crippen LogP contribution in [0, 0.1) is 5.92 Å². The Morgan fingerprint density at radius 1 is 0.895 bits per heavy atom. The SMILES string of the molecule is O=C(O)/C(Cc1ccccc1)=N/OC(c1ccc(OCc2ccc3ccccc3n2)cc1)C1CCCCC1. The molecule has 1 saturated carbocycles. The summed E-state index contributed by atoms with van der Waals surface area (Å²) in [6, 6.07) is 29.4. The van der Waals surface area contributed by atoms with Crippen LogP contribution in [0.1, 0.15) is 55.0 Å². The fourth-order valence-corrected chi connectivity index (χ4v) is 5.01. The standard InChI is InChI=1S/C32H32N2O4/c35-32(36)30(21-23-9-3-1-4-10-23)34-38-31(25-12-5-2-6-13-25)26-16-19-28(20-17-26)37-22-27-18-15-24-11-7-8-14-29(24)33-27/h1,3-4,7-11,14-20,25,31H,2,5-6,12-13,21-22H2,(H,35,36)/b34-30+. The van der Waals surface area contributed by atoms with E-state index in [1.165, 1.54) is 6.42 Å². The summed E-state index contributed by atoms with van der Waals surface area (Å²) < 4.78 is 6.01. The van der Waals surface area contributed by atoms with E-state index in [2.05, 4.69) is 16.2 Å². The van der Waals surface area contributed by atoms with E-state index in [1.807, 2.05) is 84.9 Å². The lowest BCUT2D eigenvalue weighted by atomic mass is 9.83. The highest BCUT2D eigenvalue weighted by Gasteiger charge is 2.28. The first kappa shape index (κ1) is 25.5. The maximum Gasteiger partial charge on any atom is 0.354 e. The van der Waals surface area contributed by atoms with Crippen molar-refractivity contribution in [2.75, 3.05) is 0 Å². The van der Waals surface area contributed by atoms with E-state index >= 15 is 0 Å². The van der Waals surface area contributed by atoms with Crippen molar-refractivity contribution in [1.29, 1.82) is 0 Å². The van der Waals surface area contributed by atoms with Crippen molar-refractivity contribution >= 4 is 22.6 Å². The number of oxime groups is 1. The van der Waals surface area contributed by atoms with Crippen molar-refractivity contribution in [2.45, 2.75) is 51.2 Å². The average Bonchev–Trinajstić information content (AvgIpc) is 2.97. The van der Waals surface area contributed by atoms with Crippen molar-refractivity contribution in [3.8, 4) is 5.75 Å². The number of carbonyl (C=O) groups is 1. The third-order valence-electron chi connectivity index (χ3n) is 7.07. The molecular formula is C32H32N2O4. The largest absolute Gasteiger partial charge is 0.487 e. The number of pyridine rings is 1. The number of aromatic nitrogens is 1. The van der Waals surface area contributed by atoms with Gasteiger partial charge in [0, 0.05) is 17.7 Å². The van der Waals surface area contributed by atoms with Crippen LogP contribution in [0.2, 0.25) is 0 Å². The first-order chi connectivity index (χ1) is 18.7. The lowest BCUT2D eigenvalue weighted by Crippen LogP contribution is -2.21. The van der Waals surface area contributed by atoms with Crippen LogP contribution in [0.4, 0.5) is 0 Å². The normalized spacial score (nSPS) is 15.2. The molecule has 1 N–H and O–H groups in total. The smallest absolute Gasteiger partial charge is 0.354 e. The molecule has 38 heavy (non-hydrogen) atoms. The first-order valence-corrected chi connectivity index (χ1v) is 13.2. The Morgan fingerprint density at radius 3 is 2.39 bits per heavy atom. The van der Waals surface area contributed by atoms with Gasteiger partial charge in [0.15, 0.2) is 11.8 Å². The van der Waals surface area contributed by atoms with E-state index in [0.29, 0.717) is 6.61 Å². The number of carboxylic acid groups (broad SMARTS) is 1. The van der Waals surface area contributed by atoms with E-state index in [0.717, 1.165) is 59.2 Å². The number of nitrogens with zero attached hydrogens (tertiary/aromatic N) is 2. The minimum Gasteiger partial charge on any atom is -0.487 e.